The molecule has 1 aliphatic carbocycles. The highest BCUT2D eigenvalue weighted by Gasteiger charge is 2.32. The van der Waals surface area contributed by atoms with Gasteiger partial charge in [-0.3, -0.25) is 0 Å². The van der Waals surface area contributed by atoms with Crippen LogP contribution in [0.5, 0.6) is 0 Å². The van der Waals surface area contributed by atoms with Gasteiger partial charge in [0.1, 0.15) is 0 Å². The van der Waals surface area contributed by atoms with Gasteiger partial charge in [0.05, 0.1) is 0 Å². The van der Waals surface area contributed by atoms with Crippen molar-refractivity contribution in [2.24, 2.45) is 11.8 Å². The van der Waals surface area contributed by atoms with Gasteiger partial charge in [-0.2, -0.15) is 0 Å². The van der Waals surface area contributed by atoms with Gasteiger partial charge < -0.3 is 10.6 Å². The molecule has 1 heterocycles. The van der Waals surface area contributed by atoms with E-state index in [4.69, 9.17) is 0 Å². The molecule has 2 aliphatic rings. The number of hydrogen-bond donors (Lipinski definition) is 2. The van der Waals surface area contributed by atoms with Gasteiger partial charge in [-0.15, -0.1) is 0 Å². The molecule has 1 saturated carbocycles. The lowest BCUT2D eigenvalue weighted by Gasteiger charge is -2.30. The van der Waals surface area contributed by atoms with E-state index < -0.39 is 0 Å². The zero-order valence-corrected chi connectivity index (χ0v) is 7.27. The van der Waals surface area contributed by atoms with E-state index in [1.54, 1.807) is 0 Å². The molecule has 0 aromatic carbocycles. The summed E-state index contributed by atoms with van der Waals surface area (Å²) in [5.74, 6) is 1.97. The van der Waals surface area contributed by atoms with Gasteiger partial charge >= 0.3 is 0 Å². The number of nitrogens with one attached hydrogen (secondary N) is 2. The summed E-state index contributed by atoms with van der Waals surface area (Å²) in [5, 5.41) is 6.87. The lowest BCUT2D eigenvalue weighted by atomic mass is 9.79. The van der Waals surface area contributed by atoms with Crippen LogP contribution < -0.4 is 10.6 Å². The van der Waals surface area contributed by atoms with E-state index in [1.807, 2.05) is 0 Å². The molecule has 2 nitrogen and oxygen atoms in total. The van der Waals surface area contributed by atoms with Gasteiger partial charge in [-0.05, 0) is 51.2 Å². The quantitative estimate of drug-likeness (QED) is 0.578. The van der Waals surface area contributed by atoms with Crippen molar-refractivity contribution in [3.8, 4) is 0 Å². The van der Waals surface area contributed by atoms with E-state index in [2.05, 4.69) is 17.7 Å². The first kappa shape index (κ1) is 7.56. The van der Waals surface area contributed by atoms with Crippen LogP contribution in [-0.2, 0) is 0 Å². The standard InChI is InChI=1S/C9H18N2/c1-10-9-3-2-7-5-11-6-8(7)4-9/h7-11H,2-6H2,1H3. The molecule has 2 heteroatoms. The van der Waals surface area contributed by atoms with Crippen LogP contribution in [0, 0.1) is 11.8 Å². The summed E-state index contributed by atoms with van der Waals surface area (Å²) in [6, 6.07) is 0.802. The second-order valence-corrected chi connectivity index (χ2v) is 3.98. The van der Waals surface area contributed by atoms with Crippen molar-refractivity contribution < 1.29 is 0 Å². The van der Waals surface area contributed by atoms with Crippen LogP contribution >= 0.6 is 0 Å². The zero-order valence-electron chi connectivity index (χ0n) is 7.27. The van der Waals surface area contributed by atoms with Crippen molar-refractivity contribution >= 4 is 0 Å². The monoisotopic (exact) mass is 154 g/mol. The Balaban J connectivity index is 1.91. The second kappa shape index (κ2) is 3.11. The predicted octanol–water partition coefficient (Wildman–Crippen LogP) is 0.594. The van der Waals surface area contributed by atoms with Crippen LogP contribution in [0.15, 0.2) is 0 Å². The highest BCUT2D eigenvalue weighted by Crippen LogP contribution is 2.32. The van der Waals surface area contributed by atoms with Crippen molar-refractivity contribution in [3.05, 3.63) is 0 Å². The van der Waals surface area contributed by atoms with Gasteiger partial charge in [0.15, 0.2) is 0 Å². The third-order valence-corrected chi connectivity index (χ3v) is 3.36. The lowest BCUT2D eigenvalue weighted by Crippen LogP contribution is -2.35. The van der Waals surface area contributed by atoms with Crippen LogP contribution in [-0.4, -0.2) is 26.2 Å². The molecule has 3 atom stereocenters. The molecule has 1 saturated heterocycles. The summed E-state index contributed by atoms with van der Waals surface area (Å²) in [6.07, 6.45) is 4.22. The maximum atomic E-state index is 3.48. The van der Waals surface area contributed by atoms with Crippen LogP contribution in [0.3, 0.4) is 0 Å². The molecular formula is C9H18N2. The van der Waals surface area contributed by atoms with Crippen molar-refractivity contribution in [3.63, 3.8) is 0 Å². The Morgan fingerprint density at radius 1 is 1.18 bits per heavy atom. The van der Waals surface area contributed by atoms with Gasteiger partial charge in [0.2, 0.25) is 0 Å². The van der Waals surface area contributed by atoms with Crippen LogP contribution in [0.1, 0.15) is 19.3 Å². The average Bonchev–Trinajstić information content (AvgIpc) is 2.50. The van der Waals surface area contributed by atoms with Crippen molar-refractivity contribution in [2.75, 3.05) is 20.1 Å². The van der Waals surface area contributed by atoms with Crippen LogP contribution in [0.25, 0.3) is 0 Å². The van der Waals surface area contributed by atoms with E-state index in [0.29, 0.717) is 0 Å². The first-order chi connectivity index (χ1) is 5.40. The highest BCUT2D eigenvalue weighted by molar-refractivity contribution is 4.89. The Hall–Kier alpha value is -0.0800. The Labute approximate surface area is 68.7 Å². The maximum absolute atomic E-state index is 3.48. The first-order valence-corrected chi connectivity index (χ1v) is 4.78. The molecule has 2 N–H and O–H groups in total. The number of rotatable bonds is 1. The lowest BCUT2D eigenvalue weighted by molar-refractivity contribution is 0.250. The summed E-state index contributed by atoms with van der Waals surface area (Å²) < 4.78 is 0. The summed E-state index contributed by atoms with van der Waals surface area (Å²) in [5.41, 5.74) is 0. The molecule has 0 bridgehead atoms. The van der Waals surface area contributed by atoms with Gasteiger partial charge in [-0.25, -0.2) is 0 Å². The van der Waals surface area contributed by atoms with E-state index in [1.165, 1.54) is 32.4 Å². The minimum Gasteiger partial charge on any atom is -0.317 e. The summed E-state index contributed by atoms with van der Waals surface area (Å²) in [6.45, 7) is 2.55. The normalized spacial score (nSPS) is 43.9. The van der Waals surface area contributed by atoms with E-state index in [0.717, 1.165) is 17.9 Å². The first-order valence-electron chi connectivity index (χ1n) is 4.78. The Morgan fingerprint density at radius 2 is 2.00 bits per heavy atom. The van der Waals surface area contributed by atoms with Gasteiger partial charge in [0, 0.05) is 6.04 Å². The zero-order chi connectivity index (χ0) is 7.68. The highest BCUT2D eigenvalue weighted by atomic mass is 14.9. The van der Waals surface area contributed by atoms with Crippen LogP contribution in [0.2, 0.25) is 0 Å². The minimum atomic E-state index is 0.802. The Morgan fingerprint density at radius 3 is 2.82 bits per heavy atom. The topological polar surface area (TPSA) is 24.1 Å². The molecule has 0 aromatic heterocycles. The molecule has 1 aliphatic heterocycles. The molecular weight excluding hydrogens is 136 g/mol. The summed E-state index contributed by atoms with van der Waals surface area (Å²) in [4.78, 5) is 0. The molecule has 2 fully saturated rings. The fourth-order valence-electron chi connectivity index (χ4n) is 2.56. The van der Waals surface area contributed by atoms with Gasteiger partial charge in [0.25, 0.3) is 0 Å². The van der Waals surface area contributed by atoms with Crippen molar-refractivity contribution in [1.29, 1.82) is 0 Å². The maximum Gasteiger partial charge on any atom is 0.00674 e. The molecule has 3 unspecified atom stereocenters. The molecule has 64 valence electrons. The molecule has 0 spiro atoms. The van der Waals surface area contributed by atoms with Crippen LogP contribution in [0.4, 0.5) is 0 Å². The molecule has 0 aromatic rings. The fourth-order valence-corrected chi connectivity index (χ4v) is 2.56. The summed E-state index contributed by atoms with van der Waals surface area (Å²) >= 11 is 0. The Bertz CT molecular complexity index is 136. The van der Waals surface area contributed by atoms with E-state index in [-0.39, 0.29) is 0 Å². The largest absolute Gasteiger partial charge is 0.317 e. The average molecular weight is 154 g/mol. The predicted molar refractivity (Wildman–Crippen MR) is 46.5 cm³/mol. The molecule has 2 rings (SSSR count). The third-order valence-electron chi connectivity index (χ3n) is 3.36. The molecule has 0 radical (unpaired) electrons. The van der Waals surface area contributed by atoms with E-state index >= 15 is 0 Å². The summed E-state index contributed by atoms with van der Waals surface area (Å²) in [7, 11) is 2.09. The number of hydrogen-bond acceptors (Lipinski definition) is 2. The molecule has 0 amide bonds. The molecule has 11 heavy (non-hydrogen) atoms. The minimum absolute atomic E-state index is 0.802. The number of fused-ring (bicyclic) bond motifs is 1. The van der Waals surface area contributed by atoms with Gasteiger partial charge in [-0.1, -0.05) is 0 Å². The Kier molecular flexibility index (Phi) is 2.14. The second-order valence-electron chi connectivity index (χ2n) is 3.98. The third kappa shape index (κ3) is 1.42. The van der Waals surface area contributed by atoms with E-state index in [9.17, 15) is 0 Å². The SMILES string of the molecule is CNC1CCC2CNCC2C1. The fraction of sp³-hybridized carbons (Fsp3) is 1.00. The van der Waals surface area contributed by atoms with Crippen molar-refractivity contribution in [2.45, 2.75) is 25.3 Å². The van der Waals surface area contributed by atoms with Crippen molar-refractivity contribution in [1.82, 2.24) is 10.6 Å². The smallest absolute Gasteiger partial charge is 0.00674 e.